The summed E-state index contributed by atoms with van der Waals surface area (Å²) in [5.41, 5.74) is 1.45. The molecule has 2 aliphatic rings. The van der Waals surface area contributed by atoms with Gasteiger partial charge in [-0.25, -0.2) is 14.1 Å². The van der Waals surface area contributed by atoms with Crippen LogP contribution < -0.4 is 4.90 Å². The van der Waals surface area contributed by atoms with Gasteiger partial charge in [0, 0.05) is 69.8 Å². The van der Waals surface area contributed by atoms with Crippen LogP contribution in [0.15, 0.2) is 61.1 Å². The fourth-order valence-electron chi connectivity index (χ4n) is 4.63. The lowest BCUT2D eigenvalue weighted by Gasteiger charge is -2.39. The molecule has 0 amide bonds. The number of aliphatic hydroxyl groups is 1. The van der Waals surface area contributed by atoms with Crippen LogP contribution in [0.25, 0.3) is 5.69 Å². The van der Waals surface area contributed by atoms with Crippen LogP contribution in [0.3, 0.4) is 0 Å². The van der Waals surface area contributed by atoms with Crippen molar-refractivity contribution in [3.63, 3.8) is 0 Å². The maximum Gasteiger partial charge on any atom is 0.148 e. The fraction of sp³-hybridized carbons (Fsp3) is 0.391. The van der Waals surface area contributed by atoms with Crippen molar-refractivity contribution in [1.82, 2.24) is 24.6 Å². The molecule has 0 saturated carbocycles. The minimum atomic E-state index is -0.372. The Bertz CT molecular complexity index is 1000. The van der Waals surface area contributed by atoms with Crippen molar-refractivity contribution < 1.29 is 9.50 Å². The van der Waals surface area contributed by atoms with E-state index in [-0.39, 0.29) is 18.0 Å². The number of hydrogen-bond acceptors (Lipinski definition) is 6. The molecule has 5 rings (SSSR count). The zero-order valence-corrected chi connectivity index (χ0v) is 17.4. The van der Waals surface area contributed by atoms with Gasteiger partial charge >= 0.3 is 0 Å². The SMILES string of the molecule is O[C@@H]1CN(Cc2cnn(-c3ccccc3F)c2)C[C@H]1N1CCN(c2ccccn2)CC1. The Kier molecular flexibility index (Phi) is 5.67. The summed E-state index contributed by atoms with van der Waals surface area (Å²) in [5.74, 6) is 0.723. The summed E-state index contributed by atoms with van der Waals surface area (Å²) in [6.07, 6.45) is 5.10. The van der Waals surface area contributed by atoms with Crippen molar-refractivity contribution in [2.24, 2.45) is 0 Å². The van der Waals surface area contributed by atoms with Crippen molar-refractivity contribution in [2.75, 3.05) is 44.2 Å². The molecule has 0 unspecified atom stereocenters. The Labute approximate surface area is 181 Å². The van der Waals surface area contributed by atoms with Crippen LogP contribution in [0.5, 0.6) is 0 Å². The number of para-hydroxylation sites is 1. The lowest BCUT2D eigenvalue weighted by molar-refractivity contribution is 0.0790. The van der Waals surface area contributed by atoms with Crippen LogP contribution in [0.2, 0.25) is 0 Å². The van der Waals surface area contributed by atoms with Gasteiger partial charge in [-0.1, -0.05) is 18.2 Å². The zero-order chi connectivity index (χ0) is 21.2. The molecule has 3 aromatic rings. The molecule has 162 valence electrons. The predicted molar refractivity (Wildman–Crippen MR) is 117 cm³/mol. The van der Waals surface area contributed by atoms with Gasteiger partial charge in [-0.15, -0.1) is 0 Å². The number of nitrogens with zero attached hydrogens (tertiary/aromatic N) is 6. The van der Waals surface area contributed by atoms with E-state index in [1.165, 1.54) is 6.07 Å². The second-order valence-corrected chi connectivity index (χ2v) is 8.28. The molecule has 2 fully saturated rings. The highest BCUT2D eigenvalue weighted by Gasteiger charge is 2.36. The molecule has 2 aliphatic heterocycles. The van der Waals surface area contributed by atoms with Gasteiger partial charge in [0.1, 0.15) is 17.3 Å². The molecule has 31 heavy (non-hydrogen) atoms. The maximum absolute atomic E-state index is 14.0. The Morgan fingerprint density at radius 1 is 1.00 bits per heavy atom. The zero-order valence-electron chi connectivity index (χ0n) is 17.4. The third-order valence-electron chi connectivity index (χ3n) is 6.23. The van der Waals surface area contributed by atoms with Crippen LogP contribution in [-0.4, -0.2) is 81.1 Å². The summed E-state index contributed by atoms with van der Waals surface area (Å²) in [5, 5.41) is 15.0. The Balaban J connectivity index is 1.18. The summed E-state index contributed by atoms with van der Waals surface area (Å²) in [6.45, 7) is 5.79. The van der Waals surface area contributed by atoms with Crippen LogP contribution in [0.4, 0.5) is 10.2 Å². The quantitative estimate of drug-likeness (QED) is 0.676. The van der Waals surface area contributed by atoms with Gasteiger partial charge < -0.3 is 10.0 Å². The Hall–Kier alpha value is -2.81. The molecule has 2 aromatic heterocycles. The maximum atomic E-state index is 14.0. The molecule has 2 atom stereocenters. The van der Waals surface area contributed by atoms with E-state index in [1.54, 1.807) is 29.1 Å². The molecule has 7 nitrogen and oxygen atoms in total. The van der Waals surface area contributed by atoms with E-state index in [0.29, 0.717) is 18.8 Å². The monoisotopic (exact) mass is 422 g/mol. The van der Waals surface area contributed by atoms with Gasteiger partial charge in [0.05, 0.1) is 12.3 Å². The highest BCUT2D eigenvalue weighted by Crippen LogP contribution is 2.22. The lowest BCUT2D eigenvalue weighted by Crippen LogP contribution is -2.53. The van der Waals surface area contributed by atoms with Crippen LogP contribution >= 0.6 is 0 Å². The summed E-state index contributed by atoms with van der Waals surface area (Å²) in [6, 6.07) is 12.7. The third kappa shape index (κ3) is 4.32. The van der Waals surface area contributed by atoms with E-state index in [4.69, 9.17) is 0 Å². The molecule has 2 saturated heterocycles. The second kappa shape index (κ2) is 8.74. The summed E-state index contributed by atoms with van der Waals surface area (Å²) >= 11 is 0. The first-order valence-electron chi connectivity index (χ1n) is 10.8. The van der Waals surface area contributed by atoms with Gasteiger partial charge in [-0.2, -0.15) is 5.10 Å². The third-order valence-corrected chi connectivity index (χ3v) is 6.23. The molecule has 4 heterocycles. The molecule has 0 spiro atoms. The molecular formula is C23H27FN6O. The Morgan fingerprint density at radius 2 is 1.81 bits per heavy atom. The number of benzene rings is 1. The molecule has 1 N–H and O–H groups in total. The first-order valence-corrected chi connectivity index (χ1v) is 10.8. The number of aromatic nitrogens is 3. The highest BCUT2D eigenvalue weighted by molar-refractivity contribution is 5.38. The molecule has 0 bridgehead atoms. The smallest absolute Gasteiger partial charge is 0.148 e. The summed E-state index contributed by atoms with van der Waals surface area (Å²) < 4.78 is 15.6. The first kappa shape index (κ1) is 20.1. The van der Waals surface area contributed by atoms with E-state index in [9.17, 15) is 9.50 Å². The van der Waals surface area contributed by atoms with Gasteiger partial charge in [-0.3, -0.25) is 9.80 Å². The average Bonchev–Trinajstić information content (AvgIpc) is 3.41. The lowest BCUT2D eigenvalue weighted by atomic mass is 10.1. The van der Waals surface area contributed by atoms with Crippen LogP contribution in [0, 0.1) is 5.82 Å². The molecular weight excluding hydrogens is 395 g/mol. The molecule has 0 aliphatic carbocycles. The van der Waals surface area contributed by atoms with E-state index >= 15 is 0 Å². The predicted octanol–water partition coefficient (Wildman–Crippen LogP) is 1.77. The summed E-state index contributed by atoms with van der Waals surface area (Å²) in [4.78, 5) is 11.4. The van der Waals surface area contributed by atoms with Crippen molar-refractivity contribution in [2.45, 2.75) is 18.7 Å². The number of piperazine rings is 1. The average molecular weight is 423 g/mol. The van der Waals surface area contributed by atoms with Gasteiger partial charge in [-0.05, 0) is 24.3 Å². The second-order valence-electron chi connectivity index (χ2n) is 8.28. The summed E-state index contributed by atoms with van der Waals surface area (Å²) in [7, 11) is 0. The van der Waals surface area contributed by atoms with Crippen molar-refractivity contribution in [3.05, 3.63) is 72.4 Å². The number of anilines is 1. The number of aliphatic hydroxyl groups excluding tert-OH is 1. The van der Waals surface area contributed by atoms with E-state index in [2.05, 4.69) is 24.8 Å². The van der Waals surface area contributed by atoms with E-state index in [1.807, 2.05) is 30.6 Å². The normalized spacial score (nSPS) is 22.8. The minimum absolute atomic E-state index is 0.132. The largest absolute Gasteiger partial charge is 0.390 e. The molecule has 0 radical (unpaired) electrons. The van der Waals surface area contributed by atoms with Crippen LogP contribution in [0.1, 0.15) is 5.56 Å². The van der Waals surface area contributed by atoms with Crippen LogP contribution in [-0.2, 0) is 6.54 Å². The first-order chi connectivity index (χ1) is 15.2. The van der Waals surface area contributed by atoms with E-state index in [0.717, 1.165) is 44.1 Å². The number of hydrogen-bond donors (Lipinski definition) is 1. The minimum Gasteiger partial charge on any atom is -0.390 e. The molecule has 1 aromatic carbocycles. The van der Waals surface area contributed by atoms with Gasteiger partial charge in [0.15, 0.2) is 0 Å². The number of likely N-dealkylation sites (tertiary alicyclic amines) is 1. The topological polar surface area (TPSA) is 60.7 Å². The number of β-amino-alcohol motifs (C(OH)–C–C–N with tert-alkyl or cyclic N) is 1. The van der Waals surface area contributed by atoms with Crippen molar-refractivity contribution in [1.29, 1.82) is 0 Å². The number of halogens is 1. The number of pyridine rings is 1. The molecule has 8 heteroatoms. The van der Waals surface area contributed by atoms with Crippen molar-refractivity contribution >= 4 is 5.82 Å². The van der Waals surface area contributed by atoms with Gasteiger partial charge in [0.2, 0.25) is 0 Å². The highest BCUT2D eigenvalue weighted by atomic mass is 19.1. The Morgan fingerprint density at radius 3 is 2.58 bits per heavy atom. The van der Waals surface area contributed by atoms with E-state index < -0.39 is 0 Å². The standard InChI is InChI=1S/C23H27FN6O/c24-19-5-1-2-6-20(19)30-15-18(13-26-30)14-27-16-21(22(31)17-27)28-9-11-29(12-10-28)23-7-3-4-8-25-23/h1-8,13,15,21-22,31H,9-12,14,16-17H2/t21-,22-/m1/s1. The number of rotatable bonds is 5. The fourth-order valence-corrected chi connectivity index (χ4v) is 4.63. The van der Waals surface area contributed by atoms with Crippen molar-refractivity contribution in [3.8, 4) is 5.69 Å². The van der Waals surface area contributed by atoms with Gasteiger partial charge in [0.25, 0.3) is 0 Å².